The van der Waals surface area contributed by atoms with Crippen molar-refractivity contribution in [3.63, 3.8) is 0 Å². The Hall–Kier alpha value is -2.42. The van der Waals surface area contributed by atoms with Gasteiger partial charge in [-0.1, -0.05) is 0 Å². The van der Waals surface area contributed by atoms with Crippen LogP contribution in [0.15, 0.2) is 23.0 Å². The van der Waals surface area contributed by atoms with Crippen molar-refractivity contribution in [1.82, 2.24) is 10.3 Å². The lowest BCUT2D eigenvalue weighted by Crippen LogP contribution is -2.24. The maximum Gasteiger partial charge on any atom is 0.285 e. The summed E-state index contributed by atoms with van der Waals surface area (Å²) in [7, 11) is 0. The van der Waals surface area contributed by atoms with Crippen molar-refractivity contribution in [1.29, 1.82) is 0 Å². The Kier molecular flexibility index (Phi) is 3.99. The number of nitro benzene ring substituents is 1. The van der Waals surface area contributed by atoms with Gasteiger partial charge in [0, 0.05) is 5.38 Å². The standard InChI is InChI=1S/C11H7F2N3O3S/c12-8-1-7(10(16(18)19)2-9(8)13)11(17)14-3-6-4-20-5-15-6/h1-2,4-5H,3H2,(H,14,17). The molecule has 0 saturated heterocycles. The summed E-state index contributed by atoms with van der Waals surface area (Å²) >= 11 is 1.32. The summed E-state index contributed by atoms with van der Waals surface area (Å²) in [6, 6.07) is 0.886. The van der Waals surface area contributed by atoms with E-state index in [4.69, 9.17) is 0 Å². The molecular weight excluding hydrogens is 292 g/mol. The van der Waals surface area contributed by atoms with E-state index in [-0.39, 0.29) is 6.54 Å². The van der Waals surface area contributed by atoms with Crippen molar-refractivity contribution in [2.45, 2.75) is 6.54 Å². The first-order chi connectivity index (χ1) is 9.49. The van der Waals surface area contributed by atoms with Crippen molar-refractivity contribution in [3.05, 3.63) is 56.0 Å². The Morgan fingerprint density at radius 2 is 2.10 bits per heavy atom. The fourth-order valence-electron chi connectivity index (χ4n) is 1.46. The lowest BCUT2D eigenvalue weighted by molar-refractivity contribution is -0.385. The molecule has 0 unspecified atom stereocenters. The van der Waals surface area contributed by atoms with Crippen LogP contribution in [-0.4, -0.2) is 15.8 Å². The van der Waals surface area contributed by atoms with Gasteiger partial charge in [-0.25, -0.2) is 13.8 Å². The molecule has 0 fully saturated rings. The van der Waals surface area contributed by atoms with Crippen LogP contribution in [0.4, 0.5) is 14.5 Å². The van der Waals surface area contributed by atoms with E-state index in [0.717, 1.165) is 0 Å². The number of carbonyl (C=O) groups excluding carboxylic acids is 1. The molecule has 1 aromatic carbocycles. The Bertz CT molecular complexity index is 661. The molecule has 0 spiro atoms. The molecular formula is C11H7F2N3O3S. The van der Waals surface area contributed by atoms with E-state index < -0.39 is 33.7 Å². The van der Waals surface area contributed by atoms with Crippen LogP contribution >= 0.6 is 11.3 Å². The quantitative estimate of drug-likeness (QED) is 0.693. The topological polar surface area (TPSA) is 85.1 Å². The minimum absolute atomic E-state index is 0.0402. The van der Waals surface area contributed by atoms with Crippen molar-refractivity contribution >= 4 is 22.9 Å². The summed E-state index contributed by atoms with van der Waals surface area (Å²) in [5, 5.41) is 14.8. The van der Waals surface area contributed by atoms with Gasteiger partial charge in [-0.15, -0.1) is 11.3 Å². The first-order valence-electron chi connectivity index (χ1n) is 5.27. The largest absolute Gasteiger partial charge is 0.346 e. The zero-order valence-electron chi connectivity index (χ0n) is 9.80. The van der Waals surface area contributed by atoms with Gasteiger partial charge in [0.05, 0.1) is 28.7 Å². The van der Waals surface area contributed by atoms with Gasteiger partial charge < -0.3 is 5.32 Å². The van der Waals surface area contributed by atoms with Gasteiger partial charge in [0.1, 0.15) is 5.56 Å². The lowest BCUT2D eigenvalue weighted by atomic mass is 10.1. The molecule has 104 valence electrons. The van der Waals surface area contributed by atoms with Gasteiger partial charge in [0.2, 0.25) is 0 Å². The average molecular weight is 299 g/mol. The fourth-order valence-corrected chi connectivity index (χ4v) is 2.02. The SMILES string of the molecule is O=C(NCc1cscn1)c1cc(F)c(F)cc1[N+](=O)[O-]. The summed E-state index contributed by atoms with van der Waals surface area (Å²) in [6.07, 6.45) is 0. The number of benzene rings is 1. The number of amides is 1. The number of carbonyl (C=O) groups is 1. The van der Waals surface area contributed by atoms with E-state index in [1.807, 2.05) is 0 Å². The first-order valence-corrected chi connectivity index (χ1v) is 6.22. The molecule has 0 atom stereocenters. The van der Waals surface area contributed by atoms with Gasteiger partial charge in [-0.2, -0.15) is 0 Å². The summed E-state index contributed by atoms with van der Waals surface area (Å²) < 4.78 is 26.1. The van der Waals surface area contributed by atoms with E-state index in [1.54, 1.807) is 10.9 Å². The molecule has 20 heavy (non-hydrogen) atoms. The van der Waals surface area contributed by atoms with Crippen LogP contribution in [0.3, 0.4) is 0 Å². The number of rotatable bonds is 4. The number of aromatic nitrogens is 1. The third-order valence-electron chi connectivity index (χ3n) is 2.39. The molecule has 1 heterocycles. The van der Waals surface area contributed by atoms with Gasteiger partial charge in [0.25, 0.3) is 11.6 Å². The van der Waals surface area contributed by atoms with Crippen LogP contribution in [0, 0.1) is 21.7 Å². The molecule has 6 nitrogen and oxygen atoms in total. The van der Waals surface area contributed by atoms with Crippen LogP contribution in [-0.2, 0) is 6.54 Å². The molecule has 0 aliphatic rings. The maximum absolute atomic E-state index is 13.1. The Balaban J connectivity index is 2.24. The fraction of sp³-hybridized carbons (Fsp3) is 0.0909. The molecule has 1 aromatic heterocycles. The monoisotopic (exact) mass is 299 g/mol. The number of nitro groups is 1. The molecule has 9 heteroatoms. The summed E-state index contributed by atoms with van der Waals surface area (Å²) in [5.74, 6) is -3.58. The van der Waals surface area contributed by atoms with Crippen molar-refractivity contribution in [2.24, 2.45) is 0 Å². The Morgan fingerprint density at radius 1 is 1.40 bits per heavy atom. The summed E-state index contributed by atoms with van der Waals surface area (Å²) in [6.45, 7) is 0.0402. The van der Waals surface area contributed by atoms with Crippen LogP contribution in [0.25, 0.3) is 0 Å². The molecule has 0 saturated carbocycles. The number of hydrogen-bond acceptors (Lipinski definition) is 5. The Morgan fingerprint density at radius 3 is 2.70 bits per heavy atom. The predicted molar refractivity (Wildman–Crippen MR) is 66.3 cm³/mol. The normalized spacial score (nSPS) is 10.3. The second-order valence-electron chi connectivity index (χ2n) is 3.70. The van der Waals surface area contributed by atoms with Gasteiger partial charge >= 0.3 is 0 Å². The van der Waals surface area contributed by atoms with Crippen molar-refractivity contribution < 1.29 is 18.5 Å². The molecule has 0 radical (unpaired) electrons. The number of nitrogens with one attached hydrogen (secondary N) is 1. The molecule has 0 aliphatic carbocycles. The average Bonchev–Trinajstić information content (AvgIpc) is 2.91. The van der Waals surface area contributed by atoms with E-state index in [2.05, 4.69) is 10.3 Å². The third-order valence-corrected chi connectivity index (χ3v) is 3.03. The number of hydrogen-bond donors (Lipinski definition) is 1. The predicted octanol–water partition coefficient (Wildman–Crippen LogP) is 2.26. The summed E-state index contributed by atoms with van der Waals surface area (Å²) in [4.78, 5) is 25.5. The van der Waals surface area contributed by atoms with Crippen LogP contribution in [0.2, 0.25) is 0 Å². The molecule has 1 N–H and O–H groups in total. The van der Waals surface area contributed by atoms with Crippen LogP contribution < -0.4 is 5.32 Å². The van der Waals surface area contributed by atoms with E-state index in [9.17, 15) is 23.7 Å². The zero-order valence-corrected chi connectivity index (χ0v) is 10.6. The van der Waals surface area contributed by atoms with E-state index >= 15 is 0 Å². The molecule has 0 bridgehead atoms. The number of thiazole rings is 1. The number of nitrogens with zero attached hydrogens (tertiary/aromatic N) is 2. The first kappa shape index (κ1) is 14.0. The van der Waals surface area contributed by atoms with Crippen LogP contribution in [0.1, 0.15) is 16.1 Å². The van der Waals surface area contributed by atoms with Crippen LogP contribution in [0.5, 0.6) is 0 Å². The van der Waals surface area contributed by atoms with Crippen molar-refractivity contribution in [2.75, 3.05) is 0 Å². The maximum atomic E-state index is 13.1. The highest BCUT2D eigenvalue weighted by Crippen LogP contribution is 2.22. The van der Waals surface area contributed by atoms with Crippen molar-refractivity contribution in [3.8, 4) is 0 Å². The molecule has 2 rings (SSSR count). The minimum atomic E-state index is -1.38. The van der Waals surface area contributed by atoms with E-state index in [1.165, 1.54) is 11.3 Å². The molecule has 2 aromatic rings. The minimum Gasteiger partial charge on any atom is -0.346 e. The smallest absolute Gasteiger partial charge is 0.285 e. The second-order valence-corrected chi connectivity index (χ2v) is 4.42. The van der Waals surface area contributed by atoms with E-state index in [0.29, 0.717) is 17.8 Å². The second kappa shape index (κ2) is 5.70. The third kappa shape index (κ3) is 2.94. The lowest BCUT2D eigenvalue weighted by Gasteiger charge is -2.05. The Labute approximate surface area is 115 Å². The highest BCUT2D eigenvalue weighted by Gasteiger charge is 2.23. The molecule has 1 amide bonds. The van der Waals surface area contributed by atoms with Gasteiger partial charge in [-0.05, 0) is 6.07 Å². The van der Waals surface area contributed by atoms with Gasteiger partial charge in [-0.3, -0.25) is 14.9 Å². The highest BCUT2D eigenvalue weighted by molar-refractivity contribution is 7.07. The highest BCUT2D eigenvalue weighted by atomic mass is 32.1. The van der Waals surface area contributed by atoms with Gasteiger partial charge in [0.15, 0.2) is 11.6 Å². The summed E-state index contributed by atoms with van der Waals surface area (Å²) in [5.41, 5.74) is 0.791. The zero-order chi connectivity index (χ0) is 14.7. The molecule has 0 aliphatic heterocycles. The number of halogens is 2.